The summed E-state index contributed by atoms with van der Waals surface area (Å²) in [5.41, 5.74) is 1.27. The van der Waals surface area contributed by atoms with Crippen LogP contribution in [0.3, 0.4) is 0 Å². The van der Waals surface area contributed by atoms with Gasteiger partial charge in [0, 0.05) is 20.6 Å². The van der Waals surface area contributed by atoms with Gasteiger partial charge in [-0.25, -0.2) is 0 Å². The number of hydrogen-bond donors (Lipinski definition) is 0. The second-order valence-electron chi connectivity index (χ2n) is 5.38. The lowest BCUT2D eigenvalue weighted by Crippen LogP contribution is -2.31. The van der Waals surface area contributed by atoms with E-state index in [0.717, 1.165) is 6.61 Å². The zero-order valence-corrected chi connectivity index (χ0v) is 11.7. The molecule has 0 aromatic carbocycles. The fourth-order valence-electron chi connectivity index (χ4n) is 1.78. The Hall–Kier alpha value is -0.0831. The molecule has 2 unspecified atom stereocenters. The van der Waals surface area contributed by atoms with Crippen molar-refractivity contribution in [3.05, 3.63) is 12.2 Å². The van der Waals surface area contributed by atoms with Gasteiger partial charge in [-0.15, -0.1) is 0 Å². The van der Waals surface area contributed by atoms with Crippen molar-refractivity contribution in [3.8, 4) is 0 Å². The average Bonchev–Trinajstić information content (AvgIpc) is 1.98. The average molecular weight is 214 g/mol. The summed E-state index contributed by atoms with van der Waals surface area (Å²) in [7, 11) is -1.02. The molecule has 0 amide bonds. The predicted molar refractivity (Wildman–Crippen MR) is 67.5 cm³/mol. The van der Waals surface area contributed by atoms with Crippen molar-refractivity contribution in [2.24, 2.45) is 5.92 Å². The second kappa shape index (κ2) is 5.71. The first-order valence-corrected chi connectivity index (χ1v) is 9.25. The summed E-state index contributed by atoms with van der Waals surface area (Å²) in [5, 5.41) is 0. The first-order chi connectivity index (χ1) is 6.28. The summed E-state index contributed by atoms with van der Waals surface area (Å²) < 4.78 is 5.67. The highest BCUT2D eigenvalue weighted by Crippen LogP contribution is 2.26. The minimum Gasteiger partial charge on any atom is -0.378 e. The van der Waals surface area contributed by atoms with Gasteiger partial charge in [0.15, 0.2) is 0 Å². The third-order valence-corrected chi connectivity index (χ3v) is 4.13. The Morgan fingerprint density at radius 3 is 2.14 bits per heavy atom. The first kappa shape index (κ1) is 13.9. The third-order valence-electron chi connectivity index (χ3n) is 2.46. The maximum absolute atomic E-state index is 5.67. The van der Waals surface area contributed by atoms with Crippen LogP contribution in [0.5, 0.6) is 0 Å². The molecule has 0 N–H and O–H groups in total. The van der Waals surface area contributed by atoms with Gasteiger partial charge in [-0.1, -0.05) is 31.8 Å². The monoisotopic (exact) mass is 214 g/mol. The van der Waals surface area contributed by atoms with E-state index in [0.29, 0.717) is 12.0 Å². The zero-order valence-electron chi connectivity index (χ0n) is 10.7. The zero-order chi connectivity index (χ0) is 11.4. The van der Waals surface area contributed by atoms with Crippen LogP contribution in [0.1, 0.15) is 20.8 Å². The molecule has 0 rings (SSSR count). The minimum atomic E-state index is -1.02. The van der Waals surface area contributed by atoms with Gasteiger partial charge in [0.1, 0.15) is 0 Å². The van der Waals surface area contributed by atoms with Gasteiger partial charge in [-0.05, 0) is 26.8 Å². The summed E-state index contributed by atoms with van der Waals surface area (Å²) >= 11 is 0. The molecule has 0 saturated carbocycles. The lowest BCUT2D eigenvalue weighted by Gasteiger charge is -2.29. The smallest absolute Gasteiger partial charge is 0.0609 e. The fraction of sp³-hybridized carbons (Fsp3) is 0.833. The van der Waals surface area contributed by atoms with E-state index < -0.39 is 8.07 Å². The lowest BCUT2D eigenvalue weighted by molar-refractivity contribution is 0.0490. The molecular weight excluding hydrogens is 188 g/mol. The van der Waals surface area contributed by atoms with Gasteiger partial charge in [-0.3, -0.25) is 0 Å². The van der Waals surface area contributed by atoms with E-state index in [1.54, 1.807) is 0 Å². The standard InChI is InChI=1S/C12H26OSi/c1-8-13-11(4)12(10(2)3)9-14(5,6)7/h11-12H,2,8-9H2,1,3-7H3. The molecule has 0 aliphatic rings. The SMILES string of the molecule is C=C(C)C(C[Si](C)(C)C)C(C)OCC. The van der Waals surface area contributed by atoms with E-state index in [4.69, 9.17) is 4.74 Å². The topological polar surface area (TPSA) is 9.23 Å². The minimum absolute atomic E-state index is 0.323. The van der Waals surface area contributed by atoms with Gasteiger partial charge in [0.25, 0.3) is 0 Å². The quantitative estimate of drug-likeness (QED) is 0.481. The van der Waals surface area contributed by atoms with Crippen molar-refractivity contribution < 1.29 is 4.74 Å². The summed E-state index contributed by atoms with van der Waals surface area (Å²) in [6, 6.07) is 1.28. The highest BCUT2D eigenvalue weighted by molar-refractivity contribution is 6.76. The summed E-state index contributed by atoms with van der Waals surface area (Å²) in [4.78, 5) is 0. The number of ether oxygens (including phenoxy) is 1. The van der Waals surface area contributed by atoms with E-state index in [1.165, 1.54) is 11.6 Å². The van der Waals surface area contributed by atoms with E-state index >= 15 is 0 Å². The van der Waals surface area contributed by atoms with Crippen molar-refractivity contribution in [1.29, 1.82) is 0 Å². The number of rotatable bonds is 6. The molecule has 2 atom stereocenters. The van der Waals surface area contributed by atoms with E-state index in [1.807, 2.05) is 0 Å². The summed E-state index contributed by atoms with van der Waals surface area (Å²) in [6.45, 7) is 18.5. The van der Waals surface area contributed by atoms with Gasteiger partial charge in [0.2, 0.25) is 0 Å². The Labute approximate surface area is 90.6 Å². The van der Waals surface area contributed by atoms with Crippen LogP contribution in [0, 0.1) is 5.92 Å². The Morgan fingerprint density at radius 1 is 1.36 bits per heavy atom. The Bertz CT molecular complexity index is 181. The normalized spacial score (nSPS) is 16.4. The Balaban J connectivity index is 4.37. The molecule has 0 radical (unpaired) electrons. The van der Waals surface area contributed by atoms with E-state index in [9.17, 15) is 0 Å². The maximum atomic E-state index is 5.67. The van der Waals surface area contributed by atoms with Gasteiger partial charge in [0.05, 0.1) is 6.10 Å². The molecule has 0 heterocycles. The summed E-state index contributed by atoms with van der Waals surface area (Å²) in [6.07, 6.45) is 0.323. The maximum Gasteiger partial charge on any atom is 0.0609 e. The molecule has 84 valence electrons. The molecule has 0 aromatic heterocycles. The largest absolute Gasteiger partial charge is 0.378 e. The molecule has 0 saturated heterocycles. The van der Waals surface area contributed by atoms with Crippen LogP contribution in [0.15, 0.2) is 12.2 Å². The highest BCUT2D eigenvalue weighted by Gasteiger charge is 2.25. The van der Waals surface area contributed by atoms with Crippen LogP contribution in [0.4, 0.5) is 0 Å². The second-order valence-corrected chi connectivity index (χ2v) is 10.9. The molecule has 0 fully saturated rings. The predicted octanol–water partition coefficient (Wildman–Crippen LogP) is 3.94. The van der Waals surface area contributed by atoms with Crippen molar-refractivity contribution in [2.75, 3.05) is 6.61 Å². The molecule has 0 bridgehead atoms. The van der Waals surface area contributed by atoms with Crippen LogP contribution in [0.25, 0.3) is 0 Å². The van der Waals surface area contributed by atoms with Crippen molar-refractivity contribution in [1.82, 2.24) is 0 Å². The van der Waals surface area contributed by atoms with Crippen LogP contribution in [-0.2, 0) is 4.74 Å². The lowest BCUT2D eigenvalue weighted by atomic mass is 9.98. The van der Waals surface area contributed by atoms with Crippen LogP contribution in [-0.4, -0.2) is 20.8 Å². The number of hydrogen-bond acceptors (Lipinski definition) is 1. The molecular formula is C12H26OSi. The Morgan fingerprint density at radius 2 is 1.86 bits per heavy atom. The molecule has 14 heavy (non-hydrogen) atoms. The molecule has 0 aromatic rings. The fourth-order valence-corrected chi connectivity index (χ4v) is 3.78. The van der Waals surface area contributed by atoms with Crippen molar-refractivity contribution >= 4 is 8.07 Å². The first-order valence-electron chi connectivity index (χ1n) is 5.55. The molecule has 1 nitrogen and oxygen atoms in total. The highest BCUT2D eigenvalue weighted by atomic mass is 28.3. The van der Waals surface area contributed by atoms with E-state index in [-0.39, 0.29) is 0 Å². The van der Waals surface area contributed by atoms with Gasteiger partial charge in [-0.2, -0.15) is 0 Å². The molecule has 0 aliphatic heterocycles. The molecule has 0 spiro atoms. The van der Waals surface area contributed by atoms with Crippen LogP contribution >= 0.6 is 0 Å². The van der Waals surface area contributed by atoms with Crippen LogP contribution in [0.2, 0.25) is 25.7 Å². The van der Waals surface area contributed by atoms with Crippen molar-refractivity contribution in [2.45, 2.75) is 52.6 Å². The summed E-state index contributed by atoms with van der Waals surface area (Å²) in [5.74, 6) is 0.543. The Kier molecular flexibility index (Phi) is 5.68. The van der Waals surface area contributed by atoms with Crippen LogP contribution < -0.4 is 0 Å². The third kappa shape index (κ3) is 5.61. The van der Waals surface area contributed by atoms with Gasteiger partial charge < -0.3 is 4.74 Å². The van der Waals surface area contributed by atoms with Crippen molar-refractivity contribution in [3.63, 3.8) is 0 Å². The van der Waals surface area contributed by atoms with E-state index in [2.05, 4.69) is 47.0 Å². The van der Waals surface area contributed by atoms with Gasteiger partial charge >= 0.3 is 0 Å². The molecule has 2 heteroatoms. The molecule has 0 aliphatic carbocycles.